The van der Waals surface area contributed by atoms with E-state index in [-0.39, 0.29) is 35.7 Å². The lowest BCUT2D eigenvalue weighted by Gasteiger charge is -2.35. The van der Waals surface area contributed by atoms with E-state index in [1.54, 1.807) is 0 Å². The summed E-state index contributed by atoms with van der Waals surface area (Å²) in [6.45, 7) is 1.59. The van der Waals surface area contributed by atoms with Gasteiger partial charge >= 0.3 is 11.7 Å². The molecule has 142 valence electrons. The van der Waals surface area contributed by atoms with Crippen LogP contribution in [-0.2, 0) is 19.6 Å². The number of sulfonamides is 1. The zero-order valence-corrected chi connectivity index (χ0v) is 15.0. The Morgan fingerprint density at radius 2 is 1.96 bits per heavy atom. The van der Waals surface area contributed by atoms with E-state index in [1.165, 1.54) is 23.5 Å². The number of carbonyl (C=O) groups excluding carboxylic acids is 1. The van der Waals surface area contributed by atoms with Crippen molar-refractivity contribution in [2.45, 2.75) is 17.4 Å². The van der Waals surface area contributed by atoms with Crippen molar-refractivity contribution >= 4 is 21.7 Å². The first kappa shape index (κ1) is 18.5. The Bertz CT molecular complexity index is 819. The van der Waals surface area contributed by atoms with Gasteiger partial charge in [-0.25, -0.2) is 8.42 Å². The first-order chi connectivity index (χ1) is 12.3. The van der Waals surface area contributed by atoms with Crippen LogP contribution in [0.15, 0.2) is 23.1 Å². The summed E-state index contributed by atoms with van der Waals surface area (Å²) in [5.74, 6) is -0.273. The van der Waals surface area contributed by atoms with Gasteiger partial charge in [0.25, 0.3) is 0 Å². The van der Waals surface area contributed by atoms with Crippen LogP contribution in [0.5, 0.6) is 5.75 Å². The Balaban J connectivity index is 1.76. The normalized spacial score (nSPS) is 22.2. The van der Waals surface area contributed by atoms with Crippen molar-refractivity contribution in [2.75, 3.05) is 39.9 Å². The van der Waals surface area contributed by atoms with Crippen LogP contribution in [-0.4, -0.2) is 74.5 Å². The summed E-state index contributed by atoms with van der Waals surface area (Å²) >= 11 is 0. The monoisotopic (exact) mass is 385 g/mol. The Morgan fingerprint density at radius 1 is 1.27 bits per heavy atom. The molecule has 0 aliphatic carbocycles. The van der Waals surface area contributed by atoms with Gasteiger partial charge in [0.05, 0.1) is 23.5 Å². The maximum atomic E-state index is 12.8. The number of hydrogen-bond donors (Lipinski definition) is 0. The van der Waals surface area contributed by atoms with Crippen molar-refractivity contribution in [3.8, 4) is 5.75 Å². The minimum absolute atomic E-state index is 0.00137. The van der Waals surface area contributed by atoms with E-state index >= 15 is 0 Å². The van der Waals surface area contributed by atoms with Gasteiger partial charge in [-0.15, -0.1) is 0 Å². The van der Waals surface area contributed by atoms with E-state index in [9.17, 15) is 23.3 Å². The van der Waals surface area contributed by atoms with Gasteiger partial charge in [-0.05, 0) is 12.1 Å². The third kappa shape index (κ3) is 3.37. The maximum Gasteiger partial charge on any atom is 0.323 e. The molecule has 26 heavy (non-hydrogen) atoms. The molecule has 2 saturated heterocycles. The van der Waals surface area contributed by atoms with Crippen LogP contribution in [0.3, 0.4) is 0 Å². The highest BCUT2D eigenvalue weighted by Gasteiger charge is 2.37. The number of nitro groups is 1. The lowest BCUT2D eigenvalue weighted by Crippen LogP contribution is -2.52. The predicted octanol–water partition coefficient (Wildman–Crippen LogP) is 0.225. The fourth-order valence-electron chi connectivity index (χ4n) is 3.19. The number of ether oxygens (including phenoxy) is 2. The summed E-state index contributed by atoms with van der Waals surface area (Å²) in [6, 6.07) is 3.26. The summed E-state index contributed by atoms with van der Waals surface area (Å²) in [5, 5.41) is 11.1. The predicted molar refractivity (Wildman–Crippen MR) is 89.3 cm³/mol. The Morgan fingerprint density at radius 3 is 2.50 bits per heavy atom. The topological polar surface area (TPSA) is 119 Å². The molecule has 0 bridgehead atoms. The SMILES string of the molecule is COc1ccc(S(=O)(=O)N2CCN(C3CCOC3=O)CC2)cc1[N+](=O)[O-]. The molecule has 2 fully saturated rings. The number of rotatable bonds is 5. The van der Waals surface area contributed by atoms with Crippen LogP contribution >= 0.6 is 0 Å². The van der Waals surface area contributed by atoms with Gasteiger partial charge in [0.1, 0.15) is 6.04 Å². The van der Waals surface area contributed by atoms with E-state index in [0.717, 1.165) is 6.07 Å². The molecule has 0 saturated carbocycles. The maximum absolute atomic E-state index is 12.8. The molecule has 0 spiro atoms. The van der Waals surface area contributed by atoms with E-state index in [2.05, 4.69) is 0 Å². The third-order valence-electron chi connectivity index (χ3n) is 4.61. The molecule has 11 heteroatoms. The molecule has 0 aromatic heterocycles. The number of cyclic esters (lactones) is 1. The highest BCUT2D eigenvalue weighted by atomic mass is 32.2. The molecule has 1 unspecified atom stereocenters. The van der Waals surface area contributed by atoms with Crippen LogP contribution < -0.4 is 4.74 Å². The van der Waals surface area contributed by atoms with Crippen LogP contribution in [0.4, 0.5) is 5.69 Å². The molecular weight excluding hydrogens is 366 g/mol. The van der Waals surface area contributed by atoms with Gasteiger partial charge in [0, 0.05) is 38.7 Å². The fourth-order valence-corrected chi connectivity index (χ4v) is 4.64. The van der Waals surface area contributed by atoms with Crippen molar-refractivity contribution in [2.24, 2.45) is 0 Å². The van der Waals surface area contributed by atoms with E-state index < -0.39 is 20.6 Å². The largest absolute Gasteiger partial charge is 0.490 e. The molecule has 2 heterocycles. The van der Waals surface area contributed by atoms with Crippen LogP contribution in [0.25, 0.3) is 0 Å². The zero-order valence-electron chi connectivity index (χ0n) is 14.2. The number of carbonyl (C=O) groups is 1. The lowest BCUT2D eigenvalue weighted by molar-refractivity contribution is -0.386. The van der Waals surface area contributed by atoms with Crippen molar-refractivity contribution in [1.29, 1.82) is 0 Å². The fraction of sp³-hybridized carbons (Fsp3) is 0.533. The zero-order chi connectivity index (χ0) is 18.9. The number of nitrogens with zero attached hydrogens (tertiary/aromatic N) is 3. The third-order valence-corrected chi connectivity index (χ3v) is 6.50. The van der Waals surface area contributed by atoms with Crippen molar-refractivity contribution in [3.63, 3.8) is 0 Å². The van der Waals surface area contributed by atoms with E-state index in [4.69, 9.17) is 9.47 Å². The molecule has 1 atom stereocenters. The molecule has 1 aromatic rings. The second-order valence-corrected chi connectivity index (χ2v) is 7.94. The second kappa shape index (κ2) is 7.17. The molecule has 0 N–H and O–H groups in total. The average Bonchev–Trinajstić information content (AvgIpc) is 3.07. The number of hydrogen-bond acceptors (Lipinski definition) is 8. The number of esters is 1. The van der Waals surface area contributed by atoms with Crippen molar-refractivity contribution < 1.29 is 27.6 Å². The van der Waals surface area contributed by atoms with Crippen LogP contribution in [0.1, 0.15) is 6.42 Å². The molecule has 0 radical (unpaired) electrons. The van der Waals surface area contributed by atoms with Gasteiger partial charge in [-0.2, -0.15) is 4.31 Å². The molecule has 3 rings (SSSR count). The van der Waals surface area contributed by atoms with E-state index in [0.29, 0.717) is 26.1 Å². The Kier molecular flexibility index (Phi) is 5.12. The summed E-state index contributed by atoms with van der Waals surface area (Å²) < 4.78 is 36.7. The number of benzene rings is 1. The molecule has 1 aromatic carbocycles. The second-order valence-electron chi connectivity index (χ2n) is 6.00. The minimum Gasteiger partial charge on any atom is -0.490 e. The van der Waals surface area contributed by atoms with Gasteiger partial charge in [0.15, 0.2) is 5.75 Å². The molecule has 2 aliphatic rings. The summed E-state index contributed by atoms with van der Waals surface area (Å²) in [6.07, 6.45) is 0.607. The first-order valence-corrected chi connectivity index (χ1v) is 9.52. The summed E-state index contributed by atoms with van der Waals surface area (Å²) in [4.78, 5) is 23.9. The number of nitro benzene ring substituents is 1. The molecule has 2 aliphatic heterocycles. The first-order valence-electron chi connectivity index (χ1n) is 8.08. The van der Waals surface area contributed by atoms with Gasteiger partial charge in [0.2, 0.25) is 10.0 Å². The van der Waals surface area contributed by atoms with Crippen LogP contribution in [0, 0.1) is 10.1 Å². The number of methoxy groups -OCH3 is 1. The van der Waals surface area contributed by atoms with Crippen molar-refractivity contribution in [1.82, 2.24) is 9.21 Å². The van der Waals surface area contributed by atoms with Crippen LogP contribution in [0.2, 0.25) is 0 Å². The van der Waals surface area contributed by atoms with Crippen molar-refractivity contribution in [3.05, 3.63) is 28.3 Å². The molecular formula is C15H19N3O7S. The number of piperazine rings is 1. The highest BCUT2D eigenvalue weighted by Crippen LogP contribution is 2.31. The van der Waals surface area contributed by atoms with Gasteiger partial charge in [-0.1, -0.05) is 0 Å². The molecule has 0 amide bonds. The molecule has 10 nitrogen and oxygen atoms in total. The summed E-state index contributed by atoms with van der Waals surface area (Å²) in [7, 11) is -2.59. The quantitative estimate of drug-likeness (QED) is 0.401. The summed E-state index contributed by atoms with van der Waals surface area (Å²) in [5.41, 5.74) is -0.402. The Labute approximate surface area is 150 Å². The average molecular weight is 385 g/mol. The smallest absolute Gasteiger partial charge is 0.323 e. The lowest BCUT2D eigenvalue weighted by atomic mass is 10.2. The standard InChI is InChI=1S/C15H19N3O7S/c1-24-14-3-2-11(10-13(14)18(20)21)26(22,23)17-7-5-16(6-8-17)12-4-9-25-15(12)19/h2-3,10,12H,4-9H2,1H3. The Hall–Kier alpha value is -2.24. The highest BCUT2D eigenvalue weighted by molar-refractivity contribution is 7.89. The minimum atomic E-state index is -3.87. The van der Waals surface area contributed by atoms with Gasteiger partial charge < -0.3 is 9.47 Å². The van der Waals surface area contributed by atoms with E-state index in [1.807, 2.05) is 4.90 Å². The van der Waals surface area contributed by atoms with Gasteiger partial charge in [-0.3, -0.25) is 19.8 Å².